The number of fused-ring (bicyclic) bond motifs is 4. The van der Waals surface area contributed by atoms with E-state index < -0.39 is 41.0 Å². The van der Waals surface area contributed by atoms with Gasteiger partial charge < -0.3 is 5.73 Å². The Hall–Kier alpha value is -5.87. The standard InChI is InChI=1S/C32H31F2N3O.C15H16F4N2.2C2H6.H2/c1-6-21(7-2)24-10-12-27-28(17-24)36-31(23(9-4)14-20-15-25(33)18-26(34)16-20)37(32(27)38)29-13-11-22(8-3)19(5)30(29)35;1-4-8(3)7-21-12-10(11(20-21)13(16)17)14(5-2)6-9(14)15(12,18)19;2*1-2;/h6-8,10-13,15-18,23H,1,3,9,14,35H2,2,4-5H3;9,13H,1,5-7H2,2-3H3;2*1-2H3;1H/b21-7+;;;;/t23-;9-,14+;;;/m01.../s1. The Labute approximate surface area is 368 Å². The van der Waals surface area contributed by atoms with Crippen LogP contribution in [-0.4, -0.2) is 19.3 Å². The number of nitrogens with two attached hydrogens (primary N) is 1. The second kappa shape index (κ2) is 20.5. The molecule has 12 heteroatoms. The second-order valence-corrected chi connectivity index (χ2v) is 15.2. The van der Waals surface area contributed by atoms with Crippen LogP contribution in [0.3, 0.4) is 0 Å². The van der Waals surface area contributed by atoms with Gasteiger partial charge in [-0.05, 0) is 110 Å². The molecule has 2 aliphatic carbocycles. The van der Waals surface area contributed by atoms with Gasteiger partial charge in [-0.15, -0.1) is 5.73 Å². The third-order valence-corrected chi connectivity index (χ3v) is 11.8. The van der Waals surface area contributed by atoms with Crippen molar-refractivity contribution in [3.8, 4) is 5.69 Å². The lowest BCUT2D eigenvalue weighted by Crippen LogP contribution is -2.27. The molecule has 3 aromatic carbocycles. The van der Waals surface area contributed by atoms with E-state index in [4.69, 9.17) is 10.7 Å². The van der Waals surface area contributed by atoms with Crippen LogP contribution in [0, 0.1) is 24.5 Å². The first-order valence-corrected chi connectivity index (χ1v) is 21.5. The van der Waals surface area contributed by atoms with Crippen LogP contribution in [0.4, 0.5) is 32.0 Å². The number of benzene rings is 3. The van der Waals surface area contributed by atoms with E-state index in [1.54, 1.807) is 42.7 Å². The van der Waals surface area contributed by atoms with Gasteiger partial charge in [0.25, 0.3) is 17.9 Å². The number of anilines is 1. The molecule has 0 amide bonds. The van der Waals surface area contributed by atoms with Gasteiger partial charge in [0.1, 0.15) is 28.8 Å². The van der Waals surface area contributed by atoms with E-state index in [-0.39, 0.29) is 37.1 Å². The minimum Gasteiger partial charge on any atom is -0.397 e. The zero-order chi connectivity index (χ0) is 47.1. The molecule has 2 heterocycles. The van der Waals surface area contributed by atoms with Gasteiger partial charge in [0.05, 0.1) is 28.8 Å². The summed E-state index contributed by atoms with van der Waals surface area (Å²) >= 11 is 0. The third kappa shape index (κ3) is 9.42. The Bertz CT molecular complexity index is 2620. The van der Waals surface area contributed by atoms with E-state index >= 15 is 0 Å². The molecule has 0 saturated heterocycles. The van der Waals surface area contributed by atoms with Crippen LogP contribution in [-0.2, 0) is 24.3 Å². The van der Waals surface area contributed by atoms with Crippen LogP contribution in [0.25, 0.3) is 28.2 Å². The minimum absolute atomic E-state index is 0. The number of nitrogens with zero attached hydrogens (tertiary/aromatic N) is 4. The summed E-state index contributed by atoms with van der Waals surface area (Å²) in [6.45, 7) is 28.4. The van der Waals surface area contributed by atoms with E-state index in [9.17, 15) is 31.1 Å². The average molecular weight is 874 g/mol. The van der Waals surface area contributed by atoms with Crippen molar-refractivity contribution in [2.75, 3.05) is 5.73 Å². The van der Waals surface area contributed by atoms with Gasteiger partial charge in [-0.1, -0.05) is 91.6 Å². The number of aromatic nitrogens is 4. The van der Waals surface area contributed by atoms with Gasteiger partial charge in [-0.2, -0.15) is 13.9 Å². The Morgan fingerprint density at radius 3 is 2.24 bits per heavy atom. The van der Waals surface area contributed by atoms with Crippen molar-refractivity contribution in [2.45, 2.75) is 118 Å². The van der Waals surface area contributed by atoms with Gasteiger partial charge >= 0.3 is 0 Å². The summed E-state index contributed by atoms with van der Waals surface area (Å²) in [7, 11) is 0. The molecule has 7 rings (SSSR count). The van der Waals surface area contributed by atoms with E-state index in [0.717, 1.165) is 33.0 Å². The van der Waals surface area contributed by atoms with Crippen molar-refractivity contribution >= 4 is 28.2 Å². The predicted octanol–water partition coefficient (Wildman–Crippen LogP) is 14.1. The van der Waals surface area contributed by atoms with Crippen LogP contribution in [0.5, 0.6) is 0 Å². The summed E-state index contributed by atoms with van der Waals surface area (Å²) in [5.41, 5.74) is 13.4. The topological polar surface area (TPSA) is 78.7 Å². The number of rotatable bonds is 12. The first-order valence-electron chi connectivity index (χ1n) is 21.5. The van der Waals surface area contributed by atoms with E-state index in [2.05, 4.69) is 30.6 Å². The zero-order valence-corrected chi connectivity index (χ0v) is 37.8. The minimum atomic E-state index is -3.09. The van der Waals surface area contributed by atoms with Gasteiger partial charge in [-0.3, -0.25) is 14.0 Å². The lowest BCUT2D eigenvalue weighted by molar-refractivity contribution is -0.0340. The maximum atomic E-state index is 14.5. The highest BCUT2D eigenvalue weighted by Gasteiger charge is 2.75. The summed E-state index contributed by atoms with van der Waals surface area (Å²) in [4.78, 5) is 19.0. The Morgan fingerprint density at radius 1 is 1.05 bits per heavy atom. The fourth-order valence-electron chi connectivity index (χ4n) is 8.52. The van der Waals surface area contributed by atoms with Crippen molar-refractivity contribution in [3.63, 3.8) is 0 Å². The molecule has 1 saturated carbocycles. The number of hydrogen-bond donors (Lipinski definition) is 1. The molecule has 2 aliphatic rings. The average Bonchev–Trinajstić information content (AvgIpc) is 3.85. The molecule has 338 valence electrons. The zero-order valence-electron chi connectivity index (χ0n) is 37.8. The van der Waals surface area contributed by atoms with Crippen LogP contribution in [0.1, 0.15) is 133 Å². The van der Waals surface area contributed by atoms with Gasteiger partial charge in [0.2, 0.25) is 0 Å². The van der Waals surface area contributed by atoms with E-state index in [1.807, 2.05) is 72.7 Å². The molecule has 0 radical (unpaired) electrons. The number of hydrogen-bond acceptors (Lipinski definition) is 4. The quantitative estimate of drug-likeness (QED) is 0.0586. The Balaban J connectivity index is 0.000000354. The van der Waals surface area contributed by atoms with Crippen LogP contribution >= 0.6 is 0 Å². The summed E-state index contributed by atoms with van der Waals surface area (Å²) in [6.07, 6.45) is 4.13. The van der Waals surface area contributed by atoms with E-state index in [0.29, 0.717) is 58.5 Å². The molecule has 0 spiro atoms. The molecule has 6 nitrogen and oxygen atoms in total. The van der Waals surface area contributed by atoms with Gasteiger partial charge in [-0.25, -0.2) is 22.5 Å². The van der Waals surface area contributed by atoms with E-state index in [1.165, 1.54) is 12.1 Å². The molecule has 63 heavy (non-hydrogen) atoms. The highest BCUT2D eigenvalue weighted by Crippen LogP contribution is 2.73. The molecule has 2 aromatic heterocycles. The predicted molar refractivity (Wildman–Crippen MR) is 248 cm³/mol. The molecular weight excluding hydrogens is 813 g/mol. The number of halogens is 6. The molecular formula is C51H61F6N5O. The summed E-state index contributed by atoms with van der Waals surface area (Å²) in [5.74, 6) is -5.09. The monoisotopic (exact) mass is 873 g/mol. The molecule has 2 N–H and O–H groups in total. The maximum Gasteiger partial charge on any atom is 0.293 e. The lowest BCUT2D eigenvalue weighted by Gasteiger charge is -2.23. The summed E-state index contributed by atoms with van der Waals surface area (Å²) < 4.78 is 86.2. The van der Waals surface area contributed by atoms with Crippen LogP contribution < -0.4 is 11.3 Å². The first-order chi connectivity index (χ1) is 30.0. The summed E-state index contributed by atoms with van der Waals surface area (Å²) in [5, 5.41) is 4.22. The van der Waals surface area contributed by atoms with Crippen molar-refractivity contribution < 1.29 is 27.8 Å². The first kappa shape index (κ1) is 49.8. The van der Waals surface area contributed by atoms with Crippen molar-refractivity contribution in [1.29, 1.82) is 0 Å². The fourth-order valence-corrected chi connectivity index (χ4v) is 8.52. The SMILES string of the molecule is C=C/C(=C\C)c1ccc2c(=O)n(-c3ccc(C=C)c(C)c3N)c([C@@H](CC)Cc3cc(F)cc(F)c3)nc2c1.C=C=C(C)Cn1nc(C(F)F)c2c1C(F)(F)[C@@H]1C[C@]21CC.CC.CC.[HH]. The molecule has 5 aromatic rings. The molecule has 0 aliphatic heterocycles. The summed E-state index contributed by atoms with van der Waals surface area (Å²) in [6, 6.07) is 12.6. The molecule has 0 bridgehead atoms. The highest BCUT2D eigenvalue weighted by molar-refractivity contribution is 5.85. The molecule has 0 unspecified atom stereocenters. The highest BCUT2D eigenvalue weighted by atomic mass is 19.3. The van der Waals surface area contributed by atoms with Crippen molar-refractivity contribution in [1.82, 2.24) is 19.3 Å². The molecule has 3 atom stereocenters. The number of alkyl halides is 4. The normalized spacial score (nSPS) is 17.1. The van der Waals surface area contributed by atoms with Crippen molar-refractivity contribution in [2.24, 2.45) is 5.92 Å². The second-order valence-electron chi connectivity index (χ2n) is 15.2. The van der Waals surface area contributed by atoms with Crippen LogP contribution in [0.15, 0.2) is 96.5 Å². The largest absolute Gasteiger partial charge is 0.397 e. The molecule has 1 fully saturated rings. The smallest absolute Gasteiger partial charge is 0.293 e. The van der Waals surface area contributed by atoms with Crippen molar-refractivity contribution in [3.05, 3.63) is 159 Å². The van der Waals surface area contributed by atoms with Gasteiger partial charge in [0.15, 0.2) is 0 Å². The number of nitrogen functional groups attached to an aromatic ring is 1. The fraction of sp³-hybridized carbons (Fsp3) is 0.373. The van der Waals surface area contributed by atoms with Gasteiger partial charge in [0, 0.05) is 30.3 Å². The Morgan fingerprint density at radius 2 is 1.70 bits per heavy atom. The Kier molecular flexibility index (Phi) is 16.2. The number of allylic oxidation sites excluding steroid dienone is 4. The van der Waals surface area contributed by atoms with Crippen LogP contribution in [0.2, 0.25) is 0 Å². The third-order valence-electron chi connectivity index (χ3n) is 11.8. The lowest BCUT2D eigenvalue weighted by atomic mass is 9.94. The maximum absolute atomic E-state index is 14.5.